The zero-order chi connectivity index (χ0) is 8.91. The van der Waals surface area contributed by atoms with Crippen LogP contribution in [0, 0.1) is 0 Å². The maximum absolute atomic E-state index is 11.4. The van der Waals surface area contributed by atoms with Crippen LogP contribution in [0.4, 0.5) is 8.39 Å². The summed E-state index contributed by atoms with van der Waals surface area (Å²) in [6.07, 6.45) is 0.877. The first-order valence-corrected chi connectivity index (χ1v) is 4.89. The molecule has 0 aliphatic rings. The van der Waals surface area contributed by atoms with Crippen LogP contribution in [0.5, 0.6) is 0 Å². The summed E-state index contributed by atoms with van der Waals surface area (Å²) in [6, 6.07) is 0. The molecule has 0 amide bonds. The van der Waals surface area contributed by atoms with Crippen molar-refractivity contribution in [3.05, 3.63) is 11.5 Å². The molecular formula is C3H5F2O4PS. The van der Waals surface area contributed by atoms with Crippen molar-refractivity contribution in [2.24, 2.45) is 0 Å². The topological polar surface area (TPSA) is 63.6 Å². The van der Waals surface area contributed by atoms with E-state index in [0.29, 0.717) is 0 Å². The van der Waals surface area contributed by atoms with E-state index in [1.165, 1.54) is 0 Å². The fraction of sp³-hybridized carbons (Fsp3) is 0.333. The quantitative estimate of drug-likeness (QED) is 0.562. The summed E-state index contributed by atoms with van der Waals surface area (Å²) in [7, 11) is -5.46. The van der Waals surface area contributed by atoms with Crippen LogP contribution in [0.3, 0.4) is 0 Å². The zero-order valence-electron chi connectivity index (χ0n) is 5.15. The van der Waals surface area contributed by atoms with Crippen molar-refractivity contribution >= 4 is 19.1 Å². The van der Waals surface area contributed by atoms with E-state index in [-0.39, 0.29) is 0 Å². The van der Waals surface area contributed by atoms with Crippen molar-refractivity contribution < 1.29 is 26.2 Å². The first kappa shape index (κ1) is 10.9. The van der Waals surface area contributed by atoms with Gasteiger partial charge in [0.15, 0.2) is 11.1 Å². The predicted molar refractivity (Wildman–Crippen MR) is 35.7 cm³/mol. The second-order valence-electron chi connectivity index (χ2n) is 1.36. The Kier molecular flexibility index (Phi) is 4.67. The van der Waals surface area contributed by atoms with Crippen molar-refractivity contribution in [3.8, 4) is 0 Å². The molecule has 66 valence electrons. The van der Waals surface area contributed by atoms with Gasteiger partial charge in [0.25, 0.3) is 0 Å². The van der Waals surface area contributed by atoms with Crippen LogP contribution >= 0.6 is 7.99 Å². The maximum atomic E-state index is 11.4. The van der Waals surface area contributed by atoms with Crippen molar-refractivity contribution in [1.29, 1.82) is 0 Å². The first-order valence-electron chi connectivity index (χ1n) is 2.32. The van der Waals surface area contributed by atoms with Gasteiger partial charge in [-0.2, -0.15) is 0 Å². The molecular weight excluding hydrogens is 201 g/mol. The van der Waals surface area contributed by atoms with E-state index >= 15 is 0 Å². The van der Waals surface area contributed by atoms with Crippen LogP contribution in [0.2, 0.25) is 0 Å². The molecule has 0 heterocycles. The third-order valence-electron chi connectivity index (χ3n) is 0.534. The van der Waals surface area contributed by atoms with Crippen molar-refractivity contribution in [1.82, 2.24) is 0 Å². The van der Waals surface area contributed by atoms with Crippen LogP contribution < -0.4 is 0 Å². The molecule has 4 nitrogen and oxygen atoms in total. The van der Waals surface area contributed by atoms with Crippen molar-refractivity contribution in [3.63, 3.8) is 0 Å². The number of hydrogen-bond donors (Lipinski definition) is 1. The summed E-state index contributed by atoms with van der Waals surface area (Å²) in [6.45, 7) is -0.642. The highest BCUT2D eigenvalue weighted by atomic mass is 32.2. The second kappa shape index (κ2) is 4.71. The average molecular weight is 206 g/mol. The van der Waals surface area contributed by atoms with Crippen LogP contribution in [-0.2, 0) is 20.2 Å². The Morgan fingerprint density at radius 1 is 1.64 bits per heavy atom. The molecule has 0 aliphatic heterocycles. The molecule has 1 atom stereocenters. The molecule has 0 aromatic carbocycles. The average Bonchev–Trinajstić information content (AvgIpc) is 1.78. The van der Waals surface area contributed by atoms with Crippen LogP contribution in [0.25, 0.3) is 0 Å². The summed E-state index contributed by atoms with van der Waals surface area (Å²) < 4.78 is 53.7. The number of halogens is 2. The largest absolute Gasteiger partial charge is 0.552 e. The summed E-state index contributed by atoms with van der Waals surface area (Å²) in [5.41, 5.74) is 0. The lowest BCUT2D eigenvalue weighted by atomic mass is 10.7. The van der Waals surface area contributed by atoms with Gasteiger partial charge in [0.1, 0.15) is 0 Å². The fourth-order valence-electron chi connectivity index (χ4n) is 0.251. The molecule has 0 saturated carbocycles. The molecule has 0 aliphatic carbocycles. The Morgan fingerprint density at radius 2 is 2.18 bits per heavy atom. The van der Waals surface area contributed by atoms with Gasteiger partial charge in [-0.25, -0.2) is 8.77 Å². The summed E-state index contributed by atoms with van der Waals surface area (Å²) >= 11 is -2.19. The Labute approximate surface area is 64.2 Å². The normalized spacial score (nSPS) is 15.5. The minimum atomic E-state index is -5.46. The highest BCUT2D eigenvalue weighted by molar-refractivity contribution is 7.82. The van der Waals surface area contributed by atoms with Gasteiger partial charge in [-0.3, -0.25) is 4.52 Å². The maximum Gasteiger partial charge on any atom is 0.552 e. The first-order chi connectivity index (χ1) is 4.92. The molecule has 1 N–H and O–H groups in total. The van der Waals surface area contributed by atoms with E-state index in [1.54, 1.807) is 0 Å². The van der Waals surface area contributed by atoms with E-state index in [2.05, 4.69) is 4.52 Å². The Hall–Kier alpha value is -0.100. The van der Waals surface area contributed by atoms with E-state index in [1.807, 2.05) is 0 Å². The standard InChI is InChI=1S/C3H5F2O4PS/c4-10(5,6)9-2-1-3-11(7)8/h1,3H,2H2,(H,7,8)/b3-1+. The lowest BCUT2D eigenvalue weighted by Gasteiger charge is -1.94. The van der Waals surface area contributed by atoms with Gasteiger partial charge in [0.05, 0.1) is 6.61 Å². The highest BCUT2D eigenvalue weighted by Gasteiger charge is 2.18. The van der Waals surface area contributed by atoms with Gasteiger partial charge >= 0.3 is 7.99 Å². The molecule has 0 saturated heterocycles. The van der Waals surface area contributed by atoms with Gasteiger partial charge in [-0.15, -0.1) is 8.39 Å². The van der Waals surface area contributed by atoms with Crippen molar-refractivity contribution in [2.45, 2.75) is 0 Å². The van der Waals surface area contributed by atoms with Gasteiger partial charge in [0.2, 0.25) is 0 Å². The molecule has 11 heavy (non-hydrogen) atoms. The van der Waals surface area contributed by atoms with Gasteiger partial charge in [0, 0.05) is 5.41 Å². The lowest BCUT2D eigenvalue weighted by Crippen LogP contribution is -1.83. The molecule has 0 spiro atoms. The molecule has 0 radical (unpaired) electrons. The molecule has 0 aromatic rings. The van der Waals surface area contributed by atoms with E-state index < -0.39 is 25.7 Å². The minimum absolute atomic E-state index is 0.642. The Balaban J connectivity index is 3.59. The molecule has 1 unspecified atom stereocenters. The molecule has 8 heteroatoms. The van der Waals surface area contributed by atoms with Gasteiger partial charge in [-0.1, -0.05) is 0 Å². The van der Waals surface area contributed by atoms with E-state index in [4.69, 9.17) is 4.55 Å². The summed E-state index contributed by atoms with van der Waals surface area (Å²) in [5.74, 6) is 0. The van der Waals surface area contributed by atoms with E-state index in [0.717, 1.165) is 11.5 Å². The summed E-state index contributed by atoms with van der Waals surface area (Å²) in [5, 5.41) is 0.732. The van der Waals surface area contributed by atoms with Crippen LogP contribution in [-0.4, -0.2) is 15.4 Å². The molecule has 0 rings (SSSR count). The fourth-order valence-corrected chi connectivity index (χ4v) is 0.754. The van der Waals surface area contributed by atoms with Gasteiger partial charge in [-0.05, 0) is 6.08 Å². The molecule has 0 aromatic heterocycles. The summed E-state index contributed by atoms with van der Waals surface area (Å²) in [4.78, 5) is 0. The monoisotopic (exact) mass is 206 g/mol. The minimum Gasteiger partial charge on any atom is -0.303 e. The Morgan fingerprint density at radius 3 is 2.55 bits per heavy atom. The smallest absolute Gasteiger partial charge is 0.303 e. The van der Waals surface area contributed by atoms with Crippen LogP contribution in [0.15, 0.2) is 11.5 Å². The third kappa shape index (κ3) is 9.90. The lowest BCUT2D eigenvalue weighted by molar-refractivity contribution is 0.284. The van der Waals surface area contributed by atoms with E-state index in [9.17, 15) is 17.2 Å². The molecule has 0 fully saturated rings. The number of rotatable bonds is 4. The predicted octanol–water partition coefficient (Wildman–Crippen LogP) is 1.79. The van der Waals surface area contributed by atoms with Crippen molar-refractivity contribution in [2.75, 3.05) is 6.61 Å². The van der Waals surface area contributed by atoms with Gasteiger partial charge < -0.3 is 4.55 Å². The SMILES string of the molecule is O=S(O)/C=C/COP(=O)(F)F. The Bertz CT molecular complexity index is 211. The number of hydrogen-bond acceptors (Lipinski definition) is 3. The van der Waals surface area contributed by atoms with Crippen LogP contribution in [0.1, 0.15) is 0 Å². The molecule has 0 bridgehead atoms. The third-order valence-corrected chi connectivity index (χ3v) is 1.41. The highest BCUT2D eigenvalue weighted by Crippen LogP contribution is 2.49. The zero-order valence-corrected chi connectivity index (χ0v) is 6.86. The second-order valence-corrected chi connectivity index (χ2v) is 3.27.